The molecule has 1 aromatic rings. The standard InChI is InChI=1S/C14H19N3O/c1-17(10-5-7-11(18)8-6-10)14-12-3-2-4-13(12)15-9-16-14/h9-10H,2-8H2,1H3. The van der Waals surface area contributed by atoms with Gasteiger partial charge in [-0.25, -0.2) is 9.97 Å². The van der Waals surface area contributed by atoms with Crippen molar-refractivity contribution in [3.05, 3.63) is 17.6 Å². The minimum Gasteiger partial charge on any atom is -0.356 e. The number of carbonyl (C=O) groups excluding carboxylic acids is 1. The second-order valence-corrected chi connectivity index (χ2v) is 5.36. The first-order chi connectivity index (χ1) is 8.75. The molecule has 0 aliphatic heterocycles. The molecule has 96 valence electrons. The normalized spacial score (nSPS) is 19.9. The number of carbonyl (C=O) groups is 1. The van der Waals surface area contributed by atoms with Gasteiger partial charge in [0.2, 0.25) is 0 Å². The SMILES string of the molecule is CN(c1ncnc2c1CCC2)C1CCC(=O)CC1. The van der Waals surface area contributed by atoms with Gasteiger partial charge in [-0.2, -0.15) is 0 Å². The lowest BCUT2D eigenvalue weighted by Gasteiger charge is -2.32. The molecule has 0 N–H and O–H groups in total. The molecule has 1 saturated carbocycles. The molecule has 0 radical (unpaired) electrons. The molecule has 2 aliphatic rings. The van der Waals surface area contributed by atoms with Crippen molar-refractivity contribution in [3.63, 3.8) is 0 Å². The number of ketones is 1. The zero-order chi connectivity index (χ0) is 12.5. The van der Waals surface area contributed by atoms with Crippen LogP contribution in [-0.2, 0) is 17.6 Å². The number of aryl methyl sites for hydroxylation is 1. The molecule has 2 aliphatic carbocycles. The third kappa shape index (κ3) is 2.00. The van der Waals surface area contributed by atoms with Crippen LogP contribution in [0.15, 0.2) is 6.33 Å². The molecule has 1 aromatic heterocycles. The Morgan fingerprint density at radius 1 is 1.17 bits per heavy atom. The summed E-state index contributed by atoms with van der Waals surface area (Å²) in [7, 11) is 2.11. The fourth-order valence-corrected chi connectivity index (χ4v) is 3.13. The maximum Gasteiger partial charge on any atom is 0.135 e. The number of nitrogens with zero attached hydrogens (tertiary/aromatic N) is 3. The van der Waals surface area contributed by atoms with Crippen molar-refractivity contribution >= 4 is 11.6 Å². The second-order valence-electron chi connectivity index (χ2n) is 5.36. The summed E-state index contributed by atoms with van der Waals surface area (Å²) in [4.78, 5) is 22.4. The van der Waals surface area contributed by atoms with Gasteiger partial charge in [-0.05, 0) is 32.1 Å². The highest BCUT2D eigenvalue weighted by Gasteiger charge is 2.26. The van der Waals surface area contributed by atoms with Gasteiger partial charge < -0.3 is 4.90 Å². The van der Waals surface area contributed by atoms with Crippen LogP contribution >= 0.6 is 0 Å². The van der Waals surface area contributed by atoms with E-state index >= 15 is 0 Å². The fraction of sp³-hybridized carbons (Fsp3) is 0.643. The molecule has 4 nitrogen and oxygen atoms in total. The summed E-state index contributed by atoms with van der Waals surface area (Å²) in [6, 6.07) is 0.460. The molecule has 0 amide bonds. The summed E-state index contributed by atoms with van der Waals surface area (Å²) in [5.74, 6) is 1.50. The summed E-state index contributed by atoms with van der Waals surface area (Å²) in [6.45, 7) is 0. The molecular weight excluding hydrogens is 226 g/mol. The van der Waals surface area contributed by atoms with Crippen LogP contribution < -0.4 is 4.90 Å². The summed E-state index contributed by atoms with van der Waals surface area (Å²) in [5, 5.41) is 0. The number of hydrogen-bond acceptors (Lipinski definition) is 4. The quantitative estimate of drug-likeness (QED) is 0.798. The number of hydrogen-bond donors (Lipinski definition) is 0. The molecule has 0 unspecified atom stereocenters. The molecule has 0 bridgehead atoms. The predicted octanol–water partition coefficient (Wildman–Crippen LogP) is 1.91. The minimum atomic E-state index is 0.410. The average molecular weight is 245 g/mol. The van der Waals surface area contributed by atoms with E-state index in [4.69, 9.17) is 0 Å². The van der Waals surface area contributed by atoms with Gasteiger partial charge in [0.15, 0.2) is 0 Å². The molecule has 3 rings (SSSR count). The molecule has 0 spiro atoms. The van der Waals surface area contributed by atoms with Crippen LogP contribution in [0.4, 0.5) is 5.82 Å². The van der Waals surface area contributed by atoms with E-state index in [1.807, 2.05) is 0 Å². The van der Waals surface area contributed by atoms with E-state index in [0.717, 1.165) is 44.3 Å². The number of aromatic nitrogens is 2. The monoisotopic (exact) mass is 245 g/mol. The predicted molar refractivity (Wildman–Crippen MR) is 69.7 cm³/mol. The Bertz CT molecular complexity index is 462. The van der Waals surface area contributed by atoms with E-state index in [1.165, 1.54) is 17.7 Å². The zero-order valence-corrected chi connectivity index (χ0v) is 10.9. The van der Waals surface area contributed by atoms with Crippen molar-refractivity contribution in [3.8, 4) is 0 Å². The second kappa shape index (κ2) is 4.67. The van der Waals surface area contributed by atoms with Crippen LogP contribution in [0, 0.1) is 0 Å². The number of anilines is 1. The van der Waals surface area contributed by atoms with Crippen LogP contribution in [0.2, 0.25) is 0 Å². The first kappa shape index (κ1) is 11.6. The summed E-state index contributed by atoms with van der Waals surface area (Å²) >= 11 is 0. The number of fused-ring (bicyclic) bond motifs is 1. The van der Waals surface area contributed by atoms with Crippen molar-refractivity contribution < 1.29 is 4.79 Å². The number of Topliss-reactive ketones (excluding diaryl/α,β-unsaturated/α-hetero) is 1. The highest BCUT2D eigenvalue weighted by molar-refractivity contribution is 5.79. The Hall–Kier alpha value is -1.45. The lowest BCUT2D eigenvalue weighted by atomic mass is 9.93. The average Bonchev–Trinajstić information content (AvgIpc) is 2.87. The van der Waals surface area contributed by atoms with E-state index in [9.17, 15) is 4.79 Å². The molecule has 1 fully saturated rings. The van der Waals surface area contributed by atoms with Crippen LogP contribution in [0.25, 0.3) is 0 Å². The van der Waals surface area contributed by atoms with Crippen LogP contribution in [-0.4, -0.2) is 28.8 Å². The van der Waals surface area contributed by atoms with Crippen molar-refractivity contribution in [1.29, 1.82) is 0 Å². The van der Waals surface area contributed by atoms with Gasteiger partial charge in [-0.15, -0.1) is 0 Å². The first-order valence-electron chi connectivity index (χ1n) is 6.83. The molecule has 1 heterocycles. The Morgan fingerprint density at radius 3 is 2.72 bits per heavy atom. The molecule has 0 aromatic carbocycles. The highest BCUT2D eigenvalue weighted by Crippen LogP contribution is 2.30. The maximum atomic E-state index is 11.3. The van der Waals surface area contributed by atoms with Crippen molar-refractivity contribution in [1.82, 2.24) is 9.97 Å². The summed E-state index contributed by atoms with van der Waals surface area (Å²) in [5.41, 5.74) is 2.55. The maximum absolute atomic E-state index is 11.3. The topological polar surface area (TPSA) is 46.1 Å². The third-order valence-electron chi connectivity index (χ3n) is 4.25. The molecule has 18 heavy (non-hydrogen) atoms. The van der Waals surface area contributed by atoms with E-state index in [0.29, 0.717) is 11.8 Å². The van der Waals surface area contributed by atoms with Crippen LogP contribution in [0.1, 0.15) is 43.4 Å². The highest BCUT2D eigenvalue weighted by atomic mass is 16.1. The van der Waals surface area contributed by atoms with E-state index < -0.39 is 0 Å². The van der Waals surface area contributed by atoms with Crippen molar-refractivity contribution in [2.24, 2.45) is 0 Å². The Labute approximate surface area is 107 Å². The van der Waals surface area contributed by atoms with Gasteiger partial charge in [0.25, 0.3) is 0 Å². The number of rotatable bonds is 2. The van der Waals surface area contributed by atoms with Gasteiger partial charge in [-0.3, -0.25) is 4.79 Å². The van der Waals surface area contributed by atoms with Crippen molar-refractivity contribution in [2.45, 2.75) is 51.0 Å². The fourth-order valence-electron chi connectivity index (χ4n) is 3.13. The molecule has 4 heteroatoms. The van der Waals surface area contributed by atoms with Gasteiger partial charge in [0, 0.05) is 37.2 Å². The van der Waals surface area contributed by atoms with E-state index in [1.54, 1.807) is 6.33 Å². The molecular formula is C14H19N3O. The zero-order valence-electron chi connectivity index (χ0n) is 10.9. The summed E-state index contributed by atoms with van der Waals surface area (Å²) in [6.07, 6.45) is 8.44. The van der Waals surface area contributed by atoms with Gasteiger partial charge in [0.05, 0.1) is 0 Å². The first-order valence-corrected chi connectivity index (χ1v) is 6.83. The van der Waals surface area contributed by atoms with Crippen molar-refractivity contribution in [2.75, 3.05) is 11.9 Å². The van der Waals surface area contributed by atoms with Crippen LogP contribution in [0.5, 0.6) is 0 Å². The van der Waals surface area contributed by atoms with E-state index in [-0.39, 0.29) is 0 Å². The van der Waals surface area contributed by atoms with Crippen LogP contribution in [0.3, 0.4) is 0 Å². The smallest absolute Gasteiger partial charge is 0.135 e. The lowest BCUT2D eigenvalue weighted by molar-refractivity contribution is -0.120. The summed E-state index contributed by atoms with van der Waals surface area (Å²) < 4.78 is 0. The Kier molecular flexibility index (Phi) is 3.02. The molecule has 0 atom stereocenters. The van der Waals surface area contributed by atoms with Gasteiger partial charge in [0.1, 0.15) is 17.9 Å². The van der Waals surface area contributed by atoms with E-state index in [2.05, 4.69) is 21.9 Å². The Morgan fingerprint density at radius 2 is 1.94 bits per heavy atom. The lowest BCUT2D eigenvalue weighted by Crippen LogP contribution is -2.36. The Balaban J connectivity index is 1.82. The minimum absolute atomic E-state index is 0.410. The molecule has 0 saturated heterocycles. The largest absolute Gasteiger partial charge is 0.356 e. The third-order valence-corrected chi connectivity index (χ3v) is 4.25. The van der Waals surface area contributed by atoms with Gasteiger partial charge >= 0.3 is 0 Å². The van der Waals surface area contributed by atoms with Gasteiger partial charge in [-0.1, -0.05) is 0 Å².